The van der Waals surface area contributed by atoms with E-state index in [0.29, 0.717) is 5.92 Å². The predicted octanol–water partition coefficient (Wildman–Crippen LogP) is 4.41. The first kappa shape index (κ1) is 13.4. The molecule has 0 aromatic heterocycles. The highest BCUT2D eigenvalue weighted by Gasteiger charge is 2.34. The largest absolute Gasteiger partial charge is 0.392 e. The van der Waals surface area contributed by atoms with Crippen LogP contribution >= 0.6 is 0 Å². The number of hydrogen-bond donors (Lipinski definition) is 1. The maximum absolute atomic E-state index is 10.5. The third-order valence-electron chi connectivity index (χ3n) is 4.55. The molecule has 3 rings (SSSR count). The van der Waals surface area contributed by atoms with Gasteiger partial charge in [-0.15, -0.1) is 0 Å². The lowest BCUT2D eigenvalue weighted by atomic mass is 9.71. The van der Waals surface area contributed by atoms with Gasteiger partial charge in [-0.3, -0.25) is 0 Å². The molecule has 20 heavy (non-hydrogen) atoms. The molecule has 1 N–H and O–H groups in total. The van der Waals surface area contributed by atoms with E-state index in [0.717, 1.165) is 12.8 Å². The fraction of sp³-hybridized carbons (Fsp3) is 0.368. The molecule has 0 spiro atoms. The van der Waals surface area contributed by atoms with Gasteiger partial charge in [0.25, 0.3) is 0 Å². The summed E-state index contributed by atoms with van der Waals surface area (Å²) in [5.41, 5.74) is 3.93. The minimum atomic E-state index is -0.225. The average molecular weight is 266 g/mol. The second-order valence-electron chi connectivity index (χ2n) is 5.95. The Kier molecular flexibility index (Phi) is 3.88. The van der Waals surface area contributed by atoms with Crippen LogP contribution in [0.2, 0.25) is 0 Å². The molecule has 0 saturated heterocycles. The molecular weight excluding hydrogens is 244 g/mol. The minimum Gasteiger partial charge on any atom is -0.392 e. The van der Waals surface area contributed by atoms with Crippen molar-refractivity contribution in [3.05, 3.63) is 71.3 Å². The molecule has 1 saturated carbocycles. The van der Waals surface area contributed by atoms with Crippen molar-refractivity contribution >= 4 is 0 Å². The molecule has 3 unspecified atom stereocenters. The van der Waals surface area contributed by atoms with Crippen molar-refractivity contribution in [1.29, 1.82) is 0 Å². The van der Waals surface area contributed by atoms with E-state index in [1.165, 1.54) is 23.1 Å². The van der Waals surface area contributed by atoms with Crippen molar-refractivity contribution in [3.8, 4) is 0 Å². The maximum atomic E-state index is 10.5. The lowest BCUT2D eigenvalue weighted by molar-refractivity contribution is 0.0938. The van der Waals surface area contributed by atoms with E-state index in [1.807, 2.05) is 6.07 Å². The molecule has 0 bridgehead atoms. The Morgan fingerprint density at radius 1 is 0.850 bits per heavy atom. The fourth-order valence-corrected chi connectivity index (χ4v) is 3.49. The summed E-state index contributed by atoms with van der Waals surface area (Å²) < 4.78 is 0. The third kappa shape index (κ3) is 2.64. The first-order valence-electron chi connectivity index (χ1n) is 7.55. The molecule has 1 fully saturated rings. The van der Waals surface area contributed by atoms with Gasteiger partial charge in [0.15, 0.2) is 0 Å². The minimum absolute atomic E-state index is 0.225. The number of aliphatic hydroxyl groups is 1. The highest BCUT2D eigenvalue weighted by Crippen LogP contribution is 2.44. The van der Waals surface area contributed by atoms with E-state index in [9.17, 15) is 5.11 Å². The Labute approximate surface area is 121 Å². The van der Waals surface area contributed by atoms with Gasteiger partial charge in [0.2, 0.25) is 0 Å². The van der Waals surface area contributed by atoms with E-state index in [4.69, 9.17) is 0 Å². The number of rotatable bonds is 2. The van der Waals surface area contributed by atoms with Crippen LogP contribution in [0.25, 0.3) is 0 Å². The zero-order chi connectivity index (χ0) is 13.9. The summed E-state index contributed by atoms with van der Waals surface area (Å²) in [5.74, 6) is 0.661. The molecule has 1 heteroatoms. The summed E-state index contributed by atoms with van der Waals surface area (Å²) >= 11 is 0. The number of aliphatic hydroxyl groups excluding tert-OH is 1. The van der Waals surface area contributed by atoms with Gasteiger partial charge in [0.05, 0.1) is 6.10 Å². The molecule has 1 aliphatic carbocycles. The van der Waals surface area contributed by atoms with Crippen LogP contribution in [-0.2, 0) is 0 Å². The number of hydrogen-bond acceptors (Lipinski definition) is 1. The summed E-state index contributed by atoms with van der Waals surface area (Å²) in [6.45, 7) is 2.12. The van der Waals surface area contributed by atoms with Gasteiger partial charge in [-0.2, -0.15) is 0 Å². The molecule has 0 amide bonds. The normalized spacial score (nSPS) is 26.4. The molecule has 104 valence electrons. The zero-order valence-corrected chi connectivity index (χ0v) is 12.0. The second-order valence-corrected chi connectivity index (χ2v) is 5.95. The van der Waals surface area contributed by atoms with Crippen LogP contribution in [-0.4, -0.2) is 11.2 Å². The Morgan fingerprint density at radius 2 is 1.55 bits per heavy atom. The van der Waals surface area contributed by atoms with Gasteiger partial charge in [0, 0.05) is 5.92 Å². The lowest BCUT2D eigenvalue weighted by Gasteiger charge is -2.36. The maximum Gasteiger partial charge on any atom is 0.0614 e. The van der Waals surface area contributed by atoms with Gasteiger partial charge < -0.3 is 5.11 Å². The molecule has 0 radical (unpaired) electrons. The Morgan fingerprint density at radius 3 is 2.25 bits per heavy atom. The molecule has 2 aromatic carbocycles. The highest BCUT2D eigenvalue weighted by atomic mass is 16.3. The van der Waals surface area contributed by atoms with Crippen LogP contribution in [0, 0.1) is 6.92 Å². The lowest BCUT2D eigenvalue weighted by Crippen LogP contribution is -2.29. The van der Waals surface area contributed by atoms with Gasteiger partial charge in [-0.1, -0.05) is 66.6 Å². The molecule has 3 atom stereocenters. The second kappa shape index (κ2) is 5.80. The average Bonchev–Trinajstić information content (AvgIpc) is 2.49. The highest BCUT2D eigenvalue weighted by molar-refractivity contribution is 5.32. The van der Waals surface area contributed by atoms with E-state index in [1.54, 1.807) is 0 Å². The predicted molar refractivity (Wildman–Crippen MR) is 83.0 cm³/mol. The Bertz CT molecular complexity index is 544. The molecule has 0 heterocycles. The fourth-order valence-electron chi connectivity index (χ4n) is 3.49. The smallest absolute Gasteiger partial charge is 0.0614 e. The molecule has 0 aliphatic heterocycles. The van der Waals surface area contributed by atoms with Crippen LogP contribution in [0.15, 0.2) is 54.6 Å². The van der Waals surface area contributed by atoms with Crippen molar-refractivity contribution in [1.82, 2.24) is 0 Å². The van der Waals surface area contributed by atoms with Gasteiger partial charge in [0.1, 0.15) is 0 Å². The molecule has 1 nitrogen and oxygen atoms in total. The van der Waals surface area contributed by atoms with Crippen molar-refractivity contribution < 1.29 is 5.11 Å². The number of aryl methyl sites for hydroxylation is 1. The number of benzene rings is 2. The van der Waals surface area contributed by atoms with Crippen molar-refractivity contribution in [2.24, 2.45) is 0 Å². The van der Waals surface area contributed by atoms with E-state index in [-0.39, 0.29) is 12.0 Å². The summed E-state index contributed by atoms with van der Waals surface area (Å²) in [5, 5.41) is 10.5. The zero-order valence-electron chi connectivity index (χ0n) is 12.0. The Balaban J connectivity index is 1.96. The quantitative estimate of drug-likeness (QED) is 0.853. The summed E-state index contributed by atoms with van der Waals surface area (Å²) in [6.07, 6.45) is 2.97. The van der Waals surface area contributed by atoms with Gasteiger partial charge >= 0.3 is 0 Å². The summed E-state index contributed by atoms with van der Waals surface area (Å²) in [4.78, 5) is 0. The molecule has 2 aromatic rings. The first-order valence-corrected chi connectivity index (χ1v) is 7.55. The van der Waals surface area contributed by atoms with Gasteiger partial charge in [-0.05, 0) is 36.8 Å². The topological polar surface area (TPSA) is 20.2 Å². The Hall–Kier alpha value is -1.60. The third-order valence-corrected chi connectivity index (χ3v) is 4.55. The van der Waals surface area contributed by atoms with Crippen LogP contribution < -0.4 is 0 Å². The van der Waals surface area contributed by atoms with Crippen LogP contribution in [0.1, 0.15) is 47.8 Å². The van der Waals surface area contributed by atoms with E-state index >= 15 is 0 Å². The SMILES string of the molecule is Cc1ccc(C2CCCC(O)C2c2ccccc2)cc1. The summed E-state index contributed by atoms with van der Waals surface area (Å²) in [7, 11) is 0. The van der Waals surface area contributed by atoms with Crippen LogP contribution in [0.4, 0.5) is 0 Å². The van der Waals surface area contributed by atoms with Crippen molar-refractivity contribution in [2.75, 3.05) is 0 Å². The monoisotopic (exact) mass is 266 g/mol. The summed E-state index contributed by atoms with van der Waals surface area (Å²) in [6, 6.07) is 19.3. The standard InChI is InChI=1S/C19H22O/c1-14-10-12-15(13-11-14)17-8-5-9-18(20)19(17)16-6-3-2-4-7-16/h2-4,6-7,10-13,17-20H,5,8-9H2,1H3. The van der Waals surface area contributed by atoms with Crippen molar-refractivity contribution in [2.45, 2.75) is 44.1 Å². The first-order chi connectivity index (χ1) is 9.75. The van der Waals surface area contributed by atoms with E-state index in [2.05, 4.69) is 55.5 Å². The van der Waals surface area contributed by atoms with Crippen LogP contribution in [0.3, 0.4) is 0 Å². The molecule has 1 aliphatic rings. The van der Waals surface area contributed by atoms with Gasteiger partial charge in [-0.25, -0.2) is 0 Å². The van der Waals surface area contributed by atoms with Crippen molar-refractivity contribution in [3.63, 3.8) is 0 Å². The van der Waals surface area contributed by atoms with Crippen LogP contribution in [0.5, 0.6) is 0 Å². The molecular formula is C19H22O. The van der Waals surface area contributed by atoms with E-state index < -0.39 is 0 Å².